The zero-order valence-electron chi connectivity index (χ0n) is 14.1. The number of aromatic nitrogens is 1. The van der Waals surface area contributed by atoms with Gasteiger partial charge in [0, 0.05) is 27.5 Å². The number of carbonyl (C=O) groups excluding carboxylic acids is 2. The first-order valence-corrected chi connectivity index (χ1v) is 8.82. The molecule has 2 aromatic carbocycles. The van der Waals surface area contributed by atoms with Gasteiger partial charge >= 0.3 is 0 Å². The highest BCUT2D eigenvalue weighted by molar-refractivity contribution is 9.10. The van der Waals surface area contributed by atoms with Gasteiger partial charge in [-0.2, -0.15) is 5.10 Å². The van der Waals surface area contributed by atoms with Crippen LogP contribution in [-0.4, -0.2) is 23.0 Å². The molecule has 0 bridgehead atoms. The molecule has 6 nitrogen and oxygen atoms in total. The summed E-state index contributed by atoms with van der Waals surface area (Å²) in [6.45, 7) is 0. The molecule has 1 aromatic heterocycles. The molecule has 2 amide bonds. The zero-order chi connectivity index (χ0) is 19.1. The van der Waals surface area contributed by atoms with Crippen LogP contribution in [0.4, 0.5) is 5.69 Å². The van der Waals surface area contributed by atoms with Crippen LogP contribution >= 0.6 is 15.9 Å². The SMILES string of the molecule is O=C(N/N=C/c1ccccn1)c1cccc(NC(=O)c2cccc(Br)c2)c1. The second-order valence-corrected chi connectivity index (χ2v) is 6.41. The maximum atomic E-state index is 12.3. The van der Waals surface area contributed by atoms with Gasteiger partial charge in [-0.3, -0.25) is 14.6 Å². The largest absolute Gasteiger partial charge is 0.322 e. The fourth-order valence-corrected chi connectivity index (χ4v) is 2.64. The minimum absolute atomic E-state index is 0.262. The van der Waals surface area contributed by atoms with Crippen LogP contribution < -0.4 is 10.7 Å². The lowest BCUT2D eigenvalue weighted by molar-refractivity contribution is 0.0953. The first kappa shape index (κ1) is 18.5. The number of carbonyl (C=O) groups is 2. The Bertz CT molecular complexity index is 990. The summed E-state index contributed by atoms with van der Waals surface area (Å²) in [7, 11) is 0. The third-order valence-corrected chi connectivity index (χ3v) is 4.01. The van der Waals surface area contributed by atoms with E-state index in [9.17, 15) is 9.59 Å². The van der Waals surface area contributed by atoms with E-state index >= 15 is 0 Å². The number of anilines is 1. The van der Waals surface area contributed by atoms with Crippen molar-refractivity contribution in [2.24, 2.45) is 5.10 Å². The van der Waals surface area contributed by atoms with Gasteiger partial charge in [-0.1, -0.05) is 34.1 Å². The third kappa shape index (κ3) is 5.32. The summed E-state index contributed by atoms with van der Waals surface area (Å²) >= 11 is 3.34. The number of halogens is 1. The summed E-state index contributed by atoms with van der Waals surface area (Å²) in [4.78, 5) is 28.6. The van der Waals surface area contributed by atoms with Gasteiger partial charge in [-0.05, 0) is 48.5 Å². The van der Waals surface area contributed by atoms with E-state index in [1.54, 1.807) is 60.8 Å². The van der Waals surface area contributed by atoms with Gasteiger partial charge in [0.25, 0.3) is 11.8 Å². The Morgan fingerprint density at radius 3 is 2.44 bits per heavy atom. The van der Waals surface area contributed by atoms with Crippen LogP contribution in [-0.2, 0) is 0 Å². The summed E-state index contributed by atoms with van der Waals surface area (Å²) in [6, 6.07) is 19.1. The van der Waals surface area contributed by atoms with E-state index in [2.05, 4.69) is 36.8 Å². The quantitative estimate of drug-likeness (QED) is 0.483. The van der Waals surface area contributed by atoms with Crippen LogP contribution in [0.1, 0.15) is 26.4 Å². The molecule has 0 fully saturated rings. The standard InChI is InChI=1S/C20H15BrN4O2/c21-16-7-3-5-14(11-16)19(26)24-17-9-4-6-15(12-17)20(27)25-23-13-18-8-1-2-10-22-18/h1-13H,(H,24,26)(H,25,27)/b23-13+. The van der Waals surface area contributed by atoms with Crippen molar-refractivity contribution in [1.29, 1.82) is 0 Å². The second-order valence-electron chi connectivity index (χ2n) is 5.50. The first-order valence-electron chi connectivity index (χ1n) is 8.03. The van der Waals surface area contributed by atoms with Crippen molar-refractivity contribution >= 4 is 39.6 Å². The lowest BCUT2D eigenvalue weighted by Crippen LogP contribution is -2.18. The van der Waals surface area contributed by atoms with Gasteiger partial charge in [-0.25, -0.2) is 5.43 Å². The number of rotatable bonds is 5. The molecule has 27 heavy (non-hydrogen) atoms. The highest BCUT2D eigenvalue weighted by Gasteiger charge is 2.09. The fraction of sp³-hybridized carbons (Fsp3) is 0. The molecule has 7 heteroatoms. The van der Waals surface area contributed by atoms with E-state index in [4.69, 9.17) is 0 Å². The fourth-order valence-electron chi connectivity index (χ4n) is 2.25. The number of benzene rings is 2. The minimum atomic E-state index is -0.388. The molecule has 0 aliphatic heterocycles. The summed E-state index contributed by atoms with van der Waals surface area (Å²) in [5, 5.41) is 6.66. The zero-order valence-corrected chi connectivity index (χ0v) is 15.7. The Kier molecular flexibility index (Phi) is 6.06. The van der Waals surface area contributed by atoms with Crippen molar-refractivity contribution in [2.75, 3.05) is 5.32 Å². The van der Waals surface area contributed by atoms with E-state index in [0.29, 0.717) is 22.5 Å². The summed E-state index contributed by atoms with van der Waals surface area (Å²) in [5.41, 5.74) is 4.47. The Morgan fingerprint density at radius 1 is 0.926 bits per heavy atom. The molecule has 0 atom stereocenters. The highest BCUT2D eigenvalue weighted by Crippen LogP contribution is 2.15. The van der Waals surface area contributed by atoms with E-state index in [-0.39, 0.29) is 11.8 Å². The number of hydrogen-bond acceptors (Lipinski definition) is 4. The molecule has 1 heterocycles. The number of nitrogens with zero attached hydrogens (tertiary/aromatic N) is 2. The average molecular weight is 423 g/mol. The van der Waals surface area contributed by atoms with Gasteiger partial charge in [0.05, 0.1) is 11.9 Å². The van der Waals surface area contributed by atoms with Crippen molar-refractivity contribution in [3.05, 3.63) is 94.2 Å². The highest BCUT2D eigenvalue weighted by atomic mass is 79.9. The Labute approximate surface area is 164 Å². The Morgan fingerprint density at radius 2 is 1.70 bits per heavy atom. The lowest BCUT2D eigenvalue weighted by Gasteiger charge is -2.07. The maximum Gasteiger partial charge on any atom is 0.271 e. The van der Waals surface area contributed by atoms with Crippen molar-refractivity contribution in [1.82, 2.24) is 10.4 Å². The van der Waals surface area contributed by atoms with Gasteiger partial charge in [-0.15, -0.1) is 0 Å². The Balaban J connectivity index is 1.65. The molecule has 0 radical (unpaired) electrons. The topological polar surface area (TPSA) is 83.4 Å². The molecule has 0 spiro atoms. The monoisotopic (exact) mass is 422 g/mol. The molecule has 0 saturated heterocycles. The predicted octanol–water partition coefficient (Wildman–Crippen LogP) is 3.86. The number of nitrogens with one attached hydrogen (secondary N) is 2. The molecule has 0 saturated carbocycles. The summed E-state index contributed by atoms with van der Waals surface area (Å²) in [5.74, 6) is -0.650. The molecule has 2 N–H and O–H groups in total. The molecule has 0 aliphatic carbocycles. The number of amides is 2. The van der Waals surface area contributed by atoms with Gasteiger partial charge in [0.1, 0.15) is 0 Å². The van der Waals surface area contributed by atoms with Gasteiger partial charge in [0.2, 0.25) is 0 Å². The molecule has 0 unspecified atom stereocenters. The van der Waals surface area contributed by atoms with Crippen LogP contribution in [0.2, 0.25) is 0 Å². The minimum Gasteiger partial charge on any atom is -0.322 e. The van der Waals surface area contributed by atoms with Crippen LogP contribution in [0.15, 0.2) is 82.5 Å². The molecular weight excluding hydrogens is 408 g/mol. The van der Waals surface area contributed by atoms with Crippen molar-refractivity contribution in [3.8, 4) is 0 Å². The van der Waals surface area contributed by atoms with Crippen molar-refractivity contribution < 1.29 is 9.59 Å². The van der Waals surface area contributed by atoms with E-state index < -0.39 is 0 Å². The lowest BCUT2D eigenvalue weighted by atomic mass is 10.1. The van der Waals surface area contributed by atoms with Crippen LogP contribution in [0.25, 0.3) is 0 Å². The van der Waals surface area contributed by atoms with Gasteiger partial charge < -0.3 is 5.32 Å². The molecule has 3 rings (SSSR count). The number of pyridine rings is 1. The smallest absolute Gasteiger partial charge is 0.271 e. The van der Waals surface area contributed by atoms with Crippen LogP contribution in [0.3, 0.4) is 0 Å². The van der Waals surface area contributed by atoms with Crippen molar-refractivity contribution in [2.45, 2.75) is 0 Å². The van der Waals surface area contributed by atoms with E-state index in [1.165, 1.54) is 6.21 Å². The molecule has 3 aromatic rings. The molecule has 134 valence electrons. The molecular formula is C20H15BrN4O2. The van der Waals surface area contributed by atoms with E-state index in [0.717, 1.165) is 4.47 Å². The number of hydrazone groups is 1. The normalized spacial score (nSPS) is 10.6. The first-order chi connectivity index (χ1) is 13.1. The van der Waals surface area contributed by atoms with Crippen LogP contribution in [0, 0.1) is 0 Å². The predicted molar refractivity (Wildman–Crippen MR) is 108 cm³/mol. The maximum absolute atomic E-state index is 12.3. The van der Waals surface area contributed by atoms with Gasteiger partial charge in [0.15, 0.2) is 0 Å². The number of hydrogen-bond donors (Lipinski definition) is 2. The third-order valence-electron chi connectivity index (χ3n) is 3.52. The Hall–Kier alpha value is -3.32. The summed E-state index contributed by atoms with van der Waals surface area (Å²) in [6.07, 6.45) is 3.09. The van der Waals surface area contributed by atoms with E-state index in [1.807, 2.05) is 12.1 Å². The molecule has 0 aliphatic rings. The average Bonchev–Trinajstić information content (AvgIpc) is 2.69. The van der Waals surface area contributed by atoms with Crippen molar-refractivity contribution in [3.63, 3.8) is 0 Å². The summed E-state index contributed by atoms with van der Waals surface area (Å²) < 4.78 is 0.814. The van der Waals surface area contributed by atoms with Crippen LogP contribution in [0.5, 0.6) is 0 Å². The second kappa shape index (κ2) is 8.86.